The second-order valence-corrected chi connectivity index (χ2v) is 9.00. The minimum atomic E-state index is -4.63. The number of amides is 3. The van der Waals surface area contributed by atoms with E-state index in [4.69, 9.17) is 0 Å². The van der Waals surface area contributed by atoms with Crippen LogP contribution >= 0.6 is 0 Å². The highest BCUT2D eigenvalue weighted by atomic mass is 19.4. The summed E-state index contributed by atoms with van der Waals surface area (Å²) in [4.78, 5) is 35.5. The number of alkyl halides is 3. The molecule has 1 N–H and O–H groups in total. The second kappa shape index (κ2) is 10.2. The van der Waals surface area contributed by atoms with E-state index in [1.165, 1.54) is 5.01 Å². The molecule has 4 rings (SSSR count). The molecular formula is C24H28F3N7O2. The molecule has 0 radical (unpaired) electrons. The molecule has 0 spiro atoms. The fraction of sp³-hybridized carbons (Fsp3) is 0.458. The maximum Gasteiger partial charge on any atom is 0.451 e. The zero-order chi connectivity index (χ0) is 26.0. The number of rotatable bonds is 4. The first-order valence-electron chi connectivity index (χ1n) is 11.6. The van der Waals surface area contributed by atoms with E-state index in [1.54, 1.807) is 18.7 Å². The average molecular weight is 504 g/mol. The molecule has 1 aromatic heterocycles. The van der Waals surface area contributed by atoms with Gasteiger partial charge in [0.05, 0.1) is 24.3 Å². The SMILES string of the molecule is CC(=O)N1CCN([C@H]2CN(C(=O)N[C@H](C)c3cnc(C(F)(F)F)nc3)N=C2c2ccc(C)cc2)CC1. The van der Waals surface area contributed by atoms with Gasteiger partial charge in [0.1, 0.15) is 0 Å². The van der Waals surface area contributed by atoms with Crippen molar-refractivity contribution >= 4 is 17.6 Å². The summed E-state index contributed by atoms with van der Waals surface area (Å²) in [6.45, 7) is 8.01. The van der Waals surface area contributed by atoms with Crippen molar-refractivity contribution in [2.24, 2.45) is 5.10 Å². The Hall–Kier alpha value is -3.54. The maximum absolute atomic E-state index is 13.1. The Kier molecular flexibility index (Phi) is 7.25. The van der Waals surface area contributed by atoms with Gasteiger partial charge in [0.15, 0.2) is 0 Å². The van der Waals surface area contributed by atoms with Gasteiger partial charge in [-0.2, -0.15) is 18.3 Å². The van der Waals surface area contributed by atoms with E-state index >= 15 is 0 Å². The second-order valence-electron chi connectivity index (χ2n) is 9.00. The van der Waals surface area contributed by atoms with Gasteiger partial charge < -0.3 is 10.2 Å². The predicted molar refractivity (Wildman–Crippen MR) is 126 cm³/mol. The average Bonchev–Trinajstić information content (AvgIpc) is 3.30. The Morgan fingerprint density at radius 2 is 1.67 bits per heavy atom. The van der Waals surface area contributed by atoms with Crippen molar-refractivity contribution in [3.63, 3.8) is 0 Å². The van der Waals surface area contributed by atoms with Crippen LogP contribution in [0.2, 0.25) is 0 Å². The van der Waals surface area contributed by atoms with Gasteiger partial charge in [-0.05, 0) is 19.4 Å². The number of carbonyl (C=O) groups excluding carboxylic acids is 2. The number of carbonyl (C=O) groups is 2. The van der Waals surface area contributed by atoms with Gasteiger partial charge in [-0.3, -0.25) is 9.69 Å². The quantitative estimate of drug-likeness (QED) is 0.693. The number of hydrogen-bond acceptors (Lipinski definition) is 6. The van der Waals surface area contributed by atoms with Gasteiger partial charge in [0.25, 0.3) is 0 Å². The molecule has 0 unspecified atom stereocenters. The Morgan fingerprint density at radius 1 is 1.06 bits per heavy atom. The summed E-state index contributed by atoms with van der Waals surface area (Å²) in [6, 6.07) is 6.65. The van der Waals surface area contributed by atoms with Crippen molar-refractivity contribution in [3.05, 3.63) is 59.2 Å². The Morgan fingerprint density at radius 3 is 2.22 bits per heavy atom. The van der Waals surface area contributed by atoms with Crippen molar-refractivity contribution in [2.75, 3.05) is 32.7 Å². The lowest BCUT2D eigenvalue weighted by molar-refractivity contribution is -0.145. The largest absolute Gasteiger partial charge is 0.451 e. The number of aromatic nitrogens is 2. The predicted octanol–water partition coefficient (Wildman–Crippen LogP) is 2.83. The number of piperazine rings is 1. The van der Waals surface area contributed by atoms with E-state index in [-0.39, 0.29) is 11.9 Å². The first kappa shape index (κ1) is 25.5. The van der Waals surface area contributed by atoms with Crippen LogP contribution in [-0.4, -0.2) is 81.2 Å². The highest BCUT2D eigenvalue weighted by Crippen LogP contribution is 2.26. The van der Waals surface area contributed by atoms with Crippen molar-refractivity contribution in [2.45, 2.75) is 39.0 Å². The lowest BCUT2D eigenvalue weighted by atomic mass is 10.0. The lowest BCUT2D eigenvalue weighted by Gasteiger charge is -2.37. The standard InChI is InChI=1S/C24H28F3N7O2/c1-15-4-6-18(7-5-15)21-20(33-10-8-32(9-11-33)17(3)35)14-34(31-21)23(36)30-16(2)19-12-28-22(29-13-19)24(25,26)27/h4-7,12-13,16,20H,8-11,14H2,1-3H3,(H,30,36)/t16-,20+/m1/s1. The molecule has 192 valence electrons. The first-order valence-corrected chi connectivity index (χ1v) is 11.6. The molecule has 12 heteroatoms. The van der Waals surface area contributed by atoms with Crippen LogP contribution < -0.4 is 5.32 Å². The third kappa shape index (κ3) is 5.64. The van der Waals surface area contributed by atoms with Crippen LogP contribution in [0.15, 0.2) is 41.8 Å². The van der Waals surface area contributed by atoms with Gasteiger partial charge in [0.2, 0.25) is 11.7 Å². The summed E-state index contributed by atoms with van der Waals surface area (Å²) in [6.07, 6.45) is -2.52. The van der Waals surface area contributed by atoms with Crippen molar-refractivity contribution in [1.29, 1.82) is 0 Å². The Balaban J connectivity index is 1.49. The van der Waals surface area contributed by atoms with E-state index in [0.29, 0.717) is 38.3 Å². The van der Waals surface area contributed by atoms with Crippen LogP contribution in [0.25, 0.3) is 0 Å². The molecule has 2 aliphatic rings. The third-order valence-electron chi connectivity index (χ3n) is 6.44. The lowest BCUT2D eigenvalue weighted by Crippen LogP contribution is -2.54. The number of halogens is 3. The summed E-state index contributed by atoms with van der Waals surface area (Å²) in [7, 11) is 0. The number of urea groups is 1. The minimum Gasteiger partial charge on any atom is -0.340 e. The first-order chi connectivity index (χ1) is 17.0. The van der Waals surface area contributed by atoms with Crippen molar-refractivity contribution in [3.8, 4) is 0 Å². The van der Waals surface area contributed by atoms with Crippen LogP contribution in [0.4, 0.5) is 18.0 Å². The van der Waals surface area contributed by atoms with Crippen LogP contribution in [0, 0.1) is 6.92 Å². The zero-order valence-corrected chi connectivity index (χ0v) is 20.3. The van der Waals surface area contributed by atoms with Gasteiger partial charge in [0, 0.05) is 51.1 Å². The Labute approximate surface area is 207 Å². The summed E-state index contributed by atoms with van der Waals surface area (Å²) in [5, 5.41) is 8.74. The van der Waals surface area contributed by atoms with E-state index in [0.717, 1.165) is 29.2 Å². The minimum absolute atomic E-state index is 0.0377. The molecular weight excluding hydrogens is 475 g/mol. The van der Waals surface area contributed by atoms with Gasteiger partial charge in [-0.25, -0.2) is 19.8 Å². The zero-order valence-electron chi connectivity index (χ0n) is 20.3. The number of hydrogen-bond donors (Lipinski definition) is 1. The summed E-state index contributed by atoms with van der Waals surface area (Å²) in [5.41, 5.74) is 3.10. The number of benzene rings is 1. The fourth-order valence-electron chi connectivity index (χ4n) is 4.28. The molecule has 3 heterocycles. The normalized spacial score (nSPS) is 19.7. The molecule has 9 nitrogen and oxygen atoms in total. The summed E-state index contributed by atoms with van der Waals surface area (Å²) < 4.78 is 38.2. The smallest absolute Gasteiger partial charge is 0.340 e. The van der Waals surface area contributed by atoms with Crippen molar-refractivity contribution < 1.29 is 22.8 Å². The third-order valence-corrected chi connectivity index (χ3v) is 6.44. The molecule has 2 aliphatic heterocycles. The van der Waals surface area contributed by atoms with Gasteiger partial charge in [-0.15, -0.1) is 0 Å². The van der Waals surface area contributed by atoms with E-state index in [9.17, 15) is 22.8 Å². The van der Waals surface area contributed by atoms with E-state index in [2.05, 4.69) is 25.3 Å². The molecule has 2 atom stereocenters. The highest BCUT2D eigenvalue weighted by Gasteiger charge is 2.37. The number of nitrogens with zero attached hydrogens (tertiary/aromatic N) is 6. The van der Waals surface area contributed by atoms with E-state index < -0.39 is 24.1 Å². The van der Waals surface area contributed by atoms with Crippen LogP contribution in [0.5, 0.6) is 0 Å². The molecule has 2 aromatic rings. The van der Waals surface area contributed by atoms with Crippen LogP contribution in [0.1, 0.15) is 42.4 Å². The Bertz CT molecular complexity index is 1130. The monoisotopic (exact) mass is 503 g/mol. The molecule has 3 amide bonds. The summed E-state index contributed by atoms with van der Waals surface area (Å²) in [5.74, 6) is -1.19. The number of nitrogens with one attached hydrogen (secondary N) is 1. The fourth-order valence-corrected chi connectivity index (χ4v) is 4.28. The van der Waals surface area contributed by atoms with Crippen LogP contribution in [0.3, 0.4) is 0 Å². The number of aryl methyl sites for hydroxylation is 1. The topological polar surface area (TPSA) is 94.0 Å². The molecule has 0 saturated carbocycles. The van der Waals surface area contributed by atoms with Crippen LogP contribution in [-0.2, 0) is 11.0 Å². The maximum atomic E-state index is 13.1. The molecule has 1 aromatic carbocycles. The summed E-state index contributed by atoms with van der Waals surface area (Å²) >= 11 is 0. The van der Waals surface area contributed by atoms with Gasteiger partial charge in [-0.1, -0.05) is 29.8 Å². The van der Waals surface area contributed by atoms with Gasteiger partial charge >= 0.3 is 12.2 Å². The molecule has 1 saturated heterocycles. The molecule has 1 fully saturated rings. The molecule has 36 heavy (non-hydrogen) atoms. The number of hydrazone groups is 1. The van der Waals surface area contributed by atoms with Crippen molar-refractivity contribution in [1.82, 2.24) is 30.1 Å². The van der Waals surface area contributed by atoms with E-state index in [1.807, 2.05) is 31.2 Å². The molecule has 0 bridgehead atoms. The highest BCUT2D eigenvalue weighted by molar-refractivity contribution is 6.06. The molecule has 0 aliphatic carbocycles.